The minimum absolute atomic E-state index is 0.163. The second kappa shape index (κ2) is 5.47. The third-order valence-corrected chi connectivity index (χ3v) is 4.94. The molecule has 1 atom stereocenters. The largest absolute Gasteiger partial charge is 0.312 e. The van der Waals surface area contributed by atoms with Crippen molar-refractivity contribution < 1.29 is 8.42 Å². The molecule has 4 nitrogen and oxygen atoms in total. The Morgan fingerprint density at radius 2 is 2.00 bits per heavy atom. The fourth-order valence-electron chi connectivity index (χ4n) is 2.34. The Labute approximate surface area is 99.2 Å². The molecule has 0 aromatic heterocycles. The molecule has 0 saturated heterocycles. The normalized spacial score (nSPS) is 25.6. The predicted octanol–water partition coefficient (Wildman–Crippen LogP) is 1.09. The van der Waals surface area contributed by atoms with Crippen molar-refractivity contribution in [1.29, 1.82) is 0 Å². The van der Waals surface area contributed by atoms with Gasteiger partial charge in [0.05, 0.1) is 5.75 Å². The lowest BCUT2D eigenvalue weighted by atomic mass is 9.73. The highest BCUT2D eigenvalue weighted by Crippen LogP contribution is 2.35. The van der Waals surface area contributed by atoms with Gasteiger partial charge in [-0.25, -0.2) is 13.1 Å². The van der Waals surface area contributed by atoms with Crippen molar-refractivity contribution >= 4 is 10.0 Å². The highest BCUT2D eigenvalue weighted by molar-refractivity contribution is 7.89. The Hall–Kier alpha value is -0.130. The van der Waals surface area contributed by atoms with Gasteiger partial charge in [0.25, 0.3) is 0 Å². The van der Waals surface area contributed by atoms with Crippen LogP contribution in [0.1, 0.15) is 39.5 Å². The van der Waals surface area contributed by atoms with Crippen molar-refractivity contribution in [3.63, 3.8) is 0 Å². The van der Waals surface area contributed by atoms with E-state index in [1.165, 1.54) is 26.3 Å². The van der Waals surface area contributed by atoms with Crippen molar-refractivity contribution in [2.45, 2.75) is 45.6 Å². The van der Waals surface area contributed by atoms with E-state index in [9.17, 15) is 8.42 Å². The maximum Gasteiger partial charge on any atom is 0.212 e. The topological polar surface area (TPSA) is 58.2 Å². The molecule has 2 N–H and O–H groups in total. The van der Waals surface area contributed by atoms with Gasteiger partial charge in [0.2, 0.25) is 10.0 Å². The van der Waals surface area contributed by atoms with Gasteiger partial charge in [-0.15, -0.1) is 0 Å². The Balaban J connectivity index is 2.37. The van der Waals surface area contributed by atoms with E-state index >= 15 is 0 Å². The van der Waals surface area contributed by atoms with Crippen LogP contribution in [0.15, 0.2) is 0 Å². The number of hydrogen-bond donors (Lipinski definition) is 2. The van der Waals surface area contributed by atoms with E-state index in [0.29, 0.717) is 18.0 Å². The SMILES string of the molecule is CNS(=O)(=O)CCNC1CCCCC1(C)C. The molecule has 1 aliphatic carbocycles. The highest BCUT2D eigenvalue weighted by Gasteiger charge is 2.31. The number of rotatable bonds is 5. The van der Waals surface area contributed by atoms with Gasteiger partial charge in [0, 0.05) is 12.6 Å². The van der Waals surface area contributed by atoms with E-state index in [0.717, 1.165) is 6.42 Å². The van der Waals surface area contributed by atoms with Crippen molar-refractivity contribution in [2.24, 2.45) is 5.41 Å². The minimum atomic E-state index is -3.07. The van der Waals surface area contributed by atoms with E-state index < -0.39 is 10.0 Å². The number of hydrogen-bond acceptors (Lipinski definition) is 3. The third kappa shape index (κ3) is 4.03. The van der Waals surface area contributed by atoms with Gasteiger partial charge in [0.1, 0.15) is 0 Å². The molecular weight excluding hydrogens is 224 g/mol. The maximum atomic E-state index is 11.3. The Morgan fingerprint density at radius 3 is 2.56 bits per heavy atom. The smallest absolute Gasteiger partial charge is 0.212 e. The van der Waals surface area contributed by atoms with E-state index in [1.807, 2.05) is 0 Å². The van der Waals surface area contributed by atoms with Gasteiger partial charge in [-0.3, -0.25) is 0 Å². The standard InChI is InChI=1S/C11H24N2O2S/c1-11(2)7-5-4-6-10(11)13-8-9-16(14,15)12-3/h10,12-13H,4-9H2,1-3H3. The second-order valence-electron chi connectivity index (χ2n) is 5.26. The monoisotopic (exact) mass is 248 g/mol. The van der Waals surface area contributed by atoms with Crippen LogP contribution in [0.25, 0.3) is 0 Å². The van der Waals surface area contributed by atoms with Gasteiger partial charge < -0.3 is 5.32 Å². The van der Waals surface area contributed by atoms with E-state index in [1.54, 1.807) is 0 Å². The van der Waals surface area contributed by atoms with Crippen LogP contribution in [-0.4, -0.2) is 33.8 Å². The molecule has 0 aliphatic heterocycles. The van der Waals surface area contributed by atoms with Crippen LogP contribution in [0.2, 0.25) is 0 Å². The van der Waals surface area contributed by atoms with Crippen molar-refractivity contribution in [2.75, 3.05) is 19.3 Å². The molecule has 0 bridgehead atoms. The summed E-state index contributed by atoms with van der Waals surface area (Å²) < 4.78 is 24.8. The average Bonchev–Trinajstić information content (AvgIpc) is 2.20. The first-order chi connectivity index (χ1) is 7.37. The summed E-state index contributed by atoms with van der Waals surface area (Å²) in [6.07, 6.45) is 4.93. The Kier molecular flexibility index (Phi) is 4.76. The summed E-state index contributed by atoms with van der Waals surface area (Å²) in [5, 5.41) is 3.38. The summed E-state index contributed by atoms with van der Waals surface area (Å²) >= 11 is 0. The molecule has 1 fully saturated rings. The molecule has 0 spiro atoms. The van der Waals surface area contributed by atoms with Gasteiger partial charge in [-0.1, -0.05) is 26.7 Å². The molecule has 0 aromatic rings. The van der Waals surface area contributed by atoms with Crippen LogP contribution in [0, 0.1) is 5.41 Å². The van der Waals surface area contributed by atoms with Gasteiger partial charge in [0.15, 0.2) is 0 Å². The fourth-order valence-corrected chi connectivity index (χ4v) is 2.93. The van der Waals surface area contributed by atoms with Crippen LogP contribution in [0.5, 0.6) is 0 Å². The van der Waals surface area contributed by atoms with Gasteiger partial charge in [-0.2, -0.15) is 0 Å². The van der Waals surface area contributed by atoms with Crippen LogP contribution in [0.4, 0.5) is 0 Å². The lowest BCUT2D eigenvalue weighted by molar-refractivity contribution is 0.170. The molecule has 0 aromatic carbocycles. The lowest BCUT2D eigenvalue weighted by Crippen LogP contribution is -2.46. The van der Waals surface area contributed by atoms with Crippen LogP contribution in [-0.2, 0) is 10.0 Å². The molecule has 0 amide bonds. The summed E-state index contributed by atoms with van der Waals surface area (Å²) in [4.78, 5) is 0. The van der Waals surface area contributed by atoms with E-state index in [-0.39, 0.29) is 5.75 Å². The summed E-state index contributed by atoms with van der Waals surface area (Å²) in [7, 11) is -1.61. The molecule has 1 aliphatic rings. The Bertz CT molecular complexity index is 312. The first-order valence-corrected chi connectivity index (χ1v) is 7.67. The zero-order valence-corrected chi connectivity index (χ0v) is 11.4. The minimum Gasteiger partial charge on any atom is -0.312 e. The summed E-state index contributed by atoms with van der Waals surface area (Å²) in [6, 6.07) is 0.452. The quantitative estimate of drug-likeness (QED) is 0.766. The number of sulfonamides is 1. The maximum absolute atomic E-state index is 11.3. The first kappa shape index (κ1) is 13.9. The van der Waals surface area contributed by atoms with Crippen LogP contribution in [0.3, 0.4) is 0 Å². The first-order valence-electron chi connectivity index (χ1n) is 6.02. The molecule has 96 valence electrons. The molecule has 5 heteroatoms. The van der Waals surface area contributed by atoms with E-state index in [4.69, 9.17) is 0 Å². The molecule has 1 saturated carbocycles. The van der Waals surface area contributed by atoms with Crippen molar-refractivity contribution in [3.05, 3.63) is 0 Å². The zero-order valence-electron chi connectivity index (χ0n) is 10.5. The van der Waals surface area contributed by atoms with Crippen molar-refractivity contribution in [3.8, 4) is 0 Å². The average molecular weight is 248 g/mol. The molecule has 16 heavy (non-hydrogen) atoms. The summed E-state index contributed by atoms with van der Waals surface area (Å²) in [5.41, 5.74) is 0.293. The van der Waals surface area contributed by atoms with E-state index in [2.05, 4.69) is 23.9 Å². The molecular formula is C11H24N2O2S. The van der Waals surface area contributed by atoms with Gasteiger partial charge in [-0.05, 0) is 25.3 Å². The summed E-state index contributed by atoms with van der Waals surface area (Å²) in [5.74, 6) is 0.163. The highest BCUT2D eigenvalue weighted by atomic mass is 32.2. The van der Waals surface area contributed by atoms with Crippen LogP contribution < -0.4 is 10.0 Å². The van der Waals surface area contributed by atoms with Crippen LogP contribution >= 0.6 is 0 Å². The predicted molar refractivity (Wildman–Crippen MR) is 66.9 cm³/mol. The second-order valence-corrected chi connectivity index (χ2v) is 7.31. The molecule has 1 rings (SSSR count). The lowest BCUT2D eigenvalue weighted by Gasteiger charge is -2.39. The number of nitrogens with one attached hydrogen (secondary N) is 2. The fraction of sp³-hybridized carbons (Fsp3) is 1.00. The Morgan fingerprint density at radius 1 is 1.31 bits per heavy atom. The molecule has 0 radical (unpaired) electrons. The molecule has 0 heterocycles. The van der Waals surface area contributed by atoms with Crippen molar-refractivity contribution in [1.82, 2.24) is 10.0 Å². The third-order valence-electron chi connectivity index (χ3n) is 3.58. The van der Waals surface area contributed by atoms with Gasteiger partial charge >= 0.3 is 0 Å². The zero-order chi connectivity index (χ0) is 12.2. The molecule has 1 unspecified atom stereocenters. The summed E-state index contributed by atoms with van der Waals surface area (Å²) in [6.45, 7) is 5.06.